The Bertz CT molecular complexity index is 2310. The van der Waals surface area contributed by atoms with Crippen LogP contribution in [0.4, 0.5) is 0 Å². The van der Waals surface area contributed by atoms with E-state index in [0.29, 0.717) is 23.0 Å². The van der Waals surface area contributed by atoms with Crippen molar-refractivity contribution in [1.29, 1.82) is 0 Å². The zero-order chi connectivity index (χ0) is 33.4. The van der Waals surface area contributed by atoms with Gasteiger partial charge in [-0.25, -0.2) is 4.42 Å². The Morgan fingerprint density at radius 2 is 0.938 bits per heavy atom. The molecule has 7 rings (SSSR count). The molecule has 1 aliphatic rings. The molecule has 0 unspecified atom stereocenters. The Hall–Kier alpha value is -5.87. The Morgan fingerprint density at radius 1 is 0.542 bits per heavy atom. The first-order valence-corrected chi connectivity index (χ1v) is 16.1. The number of benzene rings is 4. The summed E-state index contributed by atoms with van der Waals surface area (Å²) in [6, 6.07) is 35.9. The van der Waals surface area contributed by atoms with Crippen LogP contribution in [0.25, 0.3) is 46.3 Å². The van der Waals surface area contributed by atoms with Gasteiger partial charge >= 0.3 is 11.5 Å². The monoisotopic (exact) mass is 627 g/mol. The normalized spacial score (nSPS) is 13.1. The molecule has 4 heteroatoms. The van der Waals surface area contributed by atoms with Gasteiger partial charge in [0.15, 0.2) is 0 Å². The van der Waals surface area contributed by atoms with Crippen LogP contribution >= 0.6 is 0 Å². The van der Waals surface area contributed by atoms with Crippen molar-refractivity contribution in [3.8, 4) is 22.6 Å². The van der Waals surface area contributed by atoms with Crippen molar-refractivity contribution in [1.82, 2.24) is 0 Å². The zero-order valence-electron chi connectivity index (χ0n) is 27.4. The highest BCUT2D eigenvalue weighted by Gasteiger charge is 2.23. The van der Waals surface area contributed by atoms with Crippen LogP contribution in [0.15, 0.2) is 135 Å². The van der Waals surface area contributed by atoms with E-state index in [-0.39, 0.29) is 27.2 Å². The van der Waals surface area contributed by atoms with E-state index in [2.05, 4.69) is 0 Å². The van der Waals surface area contributed by atoms with E-state index in [0.717, 1.165) is 50.1 Å². The summed E-state index contributed by atoms with van der Waals surface area (Å²) in [7, 11) is 0. The summed E-state index contributed by atoms with van der Waals surface area (Å²) >= 11 is 0. The van der Waals surface area contributed by atoms with E-state index < -0.39 is 0 Å². The second-order valence-electron chi connectivity index (χ2n) is 12.4. The molecule has 234 valence electrons. The van der Waals surface area contributed by atoms with E-state index in [4.69, 9.17) is 9.15 Å². The summed E-state index contributed by atoms with van der Waals surface area (Å²) in [4.78, 5) is 27.3. The van der Waals surface area contributed by atoms with E-state index in [9.17, 15) is 9.59 Å². The van der Waals surface area contributed by atoms with E-state index >= 15 is 0 Å². The fourth-order valence-electron chi connectivity index (χ4n) is 6.31. The third kappa shape index (κ3) is 5.89. The molecule has 5 aromatic carbocycles. The fraction of sp³-hybridized carbons (Fsp3) is 0.114. The van der Waals surface area contributed by atoms with Gasteiger partial charge in [0, 0.05) is 17.0 Å². The molecule has 0 saturated heterocycles. The molecule has 1 aromatic heterocycles. The van der Waals surface area contributed by atoms with E-state index in [1.807, 2.05) is 149 Å². The number of allylic oxidation sites excluding steroid dienone is 2. The maximum atomic E-state index is 13.6. The maximum absolute atomic E-state index is 13.6. The summed E-state index contributed by atoms with van der Waals surface area (Å²) in [5, 5.41) is 0.352. The van der Waals surface area contributed by atoms with Crippen molar-refractivity contribution < 1.29 is 9.15 Å². The minimum Gasteiger partial charge on any atom is -0.457 e. The van der Waals surface area contributed by atoms with Crippen molar-refractivity contribution in [2.24, 2.45) is 5.92 Å². The lowest BCUT2D eigenvalue weighted by atomic mass is 9.95. The highest BCUT2D eigenvalue weighted by Crippen LogP contribution is 2.35. The average molecular weight is 628 g/mol. The Morgan fingerprint density at radius 3 is 1.35 bits per heavy atom. The first-order valence-electron chi connectivity index (χ1n) is 16.1. The quantitative estimate of drug-likeness (QED) is 0.175. The van der Waals surface area contributed by atoms with Crippen molar-refractivity contribution in [3.05, 3.63) is 191 Å². The molecule has 0 N–H and O–H groups in total. The lowest BCUT2D eigenvalue weighted by molar-refractivity contribution is 0.457. The van der Waals surface area contributed by atoms with Gasteiger partial charge in [0.2, 0.25) is 10.9 Å². The predicted molar refractivity (Wildman–Crippen MR) is 195 cm³/mol. The summed E-state index contributed by atoms with van der Waals surface area (Å²) in [5.74, 6) is 2.42. The van der Waals surface area contributed by atoms with Crippen LogP contribution in [0.2, 0.25) is 0 Å². The van der Waals surface area contributed by atoms with Gasteiger partial charge in [-0.05, 0) is 85.9 Å². The molecular formula is C44H35O4+. The second kappa shape index (κ2) is 12.7. The van der Waals surface area contributed by atoms with Crippen molar-refractivity contribution >= 4 is 23.7 Å². The maximum Gasteiger partial charge on any atom is 0.361 e. The van der Waals surface area contributed by atoms with Crippen LogP contribution in [0.3, 0.4) is 0 Å². The lowest BCUT2D eigenvalue weighted by Gasteiger charge is -2.23. The van der Waals surface area contributed by atoms with Crippen LogP contribution in [-0.4, -0.2) is 0 Å². The Balaban J connectivity index is 1.34. The molecule has 0 fully saturated rings. The SMILES string of the molecule is Cc1ccccc1C1=CC(C=c2c(=O)c(=Cc3cc(-c4ccccc4C)[o+]c(-c4ccccc4C)c3)c2=O)C=C(c2ccccc2C)O1. The third-order valence-electron chi connectivity index (χ3n) is 9.01. The lowest BCUT2D eigenvalue weighted by Crippen LogP contribution is -2.64. The average Bonchev–Trinajstić information content (AvgIpc) is 3.10. The predicted octanol–water partition coefficient (Wildman–Crippen LogP) is 8.06. The standard InChI is InChI=1S/C44H35O4/c1-27-13-5-9-17-33(27)39-23-31(24-40(47-39)34-18-10-6-14-28(34)2)21-37-43(45)38(44(37)46)22-32-25-41(35-19-11-7-15-29(35)3)48-42(26-32)36-20-12-8-16-30(36)4/h5-26,31H,1-4H3/q+1. The first kappa shape index (κ1) is 30.8. The molecule has 0 bridgehead atoms. The molecule has 0 atom stereocenters. The molecule has 0 radical (unpaired) electrons. The van der Waals surface area contributed by atoms with E-state index in [1.54, 1.807) is 12.2 Å². The van der Waals surface area contributed by atoms with Gasteiger partial charge in [0.25, 0.3) is 0 Å². The fourth-order valence-corrected chi connectivity index (χ4v) is 6.31. The number of ether oxygens (including phenoxy) is 1. The van der Waals surface area contributed by atoms with Crippen LogP contribution in [0.5, 0.6) is 0 Å². The summed E-state index contributed by atoms with van der Waals surface area (Å²) < 4.78 is 12.9. The highest BCUT2D eigenvalue weighted by molar-refractivity contribution is 5.77. The molecule has 0 spiro atoms. The summed E-state index contributed by atoms with van der Waals surface area (Å²) in [6.07, 6.45) is 7.40. The molecule has 0 aliphatic carbocycles. The first-order chi connectivity index (χ1) is 23.3. The topological polar surface area (TPSA) is 54.7 Å². The Kier molecular flexibility index (Phi) is 8.16. The van der Waals surface area contributed by atoms with Gasteiger partial charge < -0.3 is 4.74 Å². The minimum atomic E-state index is -0.316. The van der Waals surface area contributed by atoms with Crippen molar-refractivity contribution in [2.45, 2.75) is 27.7 Å². The molecule has 2 heterocycles. The van der Waals surface area contributed by atoms with E-state index in [1.165, 1.54) is 0 Å². The van der Waals surface area contributed by atoms with Crippen LogP contribution in [0.1, 0.15) is 38.9 Å². The number of rotatable bonds is 6. The molecule has 0 amide bonds. The van der Waals surface area contributed by atoms with Crippen molar-refractivity contribution in [3.63, 3.8) is 0 Å². The molecule has 4 nitrogen and oxygen atoms in total. The number of aryl methyl sites for hydroxylation is 4. The molecule has 48 heavy (non-hydrogen) atoms. The molecular weight excluding hydrogens is 592 g/mol. The number of hydrogen-bond donors (Lipinski definition) is 0. The van der Waals surface area contributed by atoms with Crippen LogP contribution in [0, 0.1) is 33.6 Å². The largest absolute Gasteiger partial charge is 0.457 e. The number of hydrogen-bond acceptors (Lipinski definition) is 3. The van der Waals surface area contributed by atoms with Gasteiger partial charge in [0.05, 0.1) is 33.7 Å². The van der Waals surface area contributed by atoms with Crippen LogP contribution < -0.4 is 21.3 Å². The molecule has 1 aliphatic heterocycles. The molecule has 6 aromatic rings. The van der Waals surface area contributed by atoms with Crippen LogP contribution in [-0.2, 0) is 4.74 Å². The van der Waals surface area contributed by atoms with Gasteiger partial charge in [-0.3, -0.25) is 9.59 Å². The summed E-state index contributed by atoms with van der Waals surface area (Å²) in [6.45, 7) is 8.16. The van der Waals surface area contributed by atoms with Gasteiger partial charge in [-0.1, -0.05) is 91.0 Å². The van der Waals surface area contributed by atoms with Gasteiger partial charge in [-0.15, -0.1) is 0 Å². The minimum absolute atomic E-state index is 0.164. The second-order valence-corrected chi connectivity index (χ2v) is 12.4. The highest BCUT2D eigenvalue weighted by atomic mass is 16.5. The molecule has 0 saturated carbocycles. The third-order valence-corrected chi connectivity index (χ3v) is 9.01. The zero-order valence-corrected chi connectivity index (χ0v) is 27.4. The van der Waals surface area contributed by atoms with Crippen molar-refractivity contribution in [2.75, 3.05) is 0 Å². The van der Waals surface area contributed by atoms with Gasteiger partial charge in [0.1, 0.15) is 11.5 Å². The van der Waals surface area contributed by atoms with Gasteiger partial charge in [-0.2, -0.15) is 0 Å². The smallest absolute Gasteiger partial charge is 0.361 e. The summed E-state index contributed by atoms with van der Waals surface area (Å²) in [5.41, 5.74) is 8.31. The Labute approximate surface area is 279 Å².